The zero-order valence-corrected chi connectivity index (χ0v) is 11.0. The van der Waals surface area contributed by atoms with Crippen LogP contribution in [0.5, 0.6) is 0 Å². The van der Waals surface area contributed by atoms with E-state index in [9.17, 15) is 4.79 Å². The summed E-state index contributed by atoms with van der Waals surface area (Å²) in [6, 6.07) is 0. The molecule has 1 aliphatic rings. The van der Waals surface area contributed by atoms with Crippen molar-refractivity contribution in [3.8, 4) is 0 Å². The largest absolute Gasteiger partial charge is 0.461 e. The first-order valence-electron chi connectivity index (χ1n) is 5.96. The summed E-state index contributed by atoms with van der Waals surface area (Å²) in [6.07, 6.45) is 10.1. The number of carbonyl (C=O) groups is 1. The number of aromatic nitrogens is 2. The highest BCUT2D eigenvalue weighted by Crippen LogP contribution is 2.17. The van der Waals surface area contributed by atoms with Crippen molar-refractivity contribution in [3.63, 3.8) is 0 Å². The molecule has 1 aliphatic carbocycles. The molecule has 0 amide bonds. The van der Waals surface area contributed by atoms with Gasteiger partial charge in [0, 0.05) is 6.20 Å². The Morgan fingerprint density at radius 2 is 2.39 bits per heavy atom. The molecule has 2 rings (SSSR count). The van der Waals surface area contributed by atoms with Crippen LogP contribution in [0.2, 0.25) is 5.02 Å². The zero-order chi connectivity index (χ0) is 13.0. The molecule has 0 unspecified atom stereocenters. The lowest BCUT2D eigenvalue weighted by Crippen LogP contribution is -2.08. The average Bonchev–Trinajstić information content (AvgIpc) is 2.72. The Morgan fingerprint density at radius 3 is 3.06 bits per heavy atom. The molecule has 1 heterocycles. The lowest BCUT2D eigenvalue weighted by molar-refractivity contribution is 0.0518. The topological polar surface area (TPSA) is 44.1 Å². The molecular formula is C13H15ClN2O2. The second kappa shape index (κ2) is 5.87. The number of hydrogen-bond acceptors (Lipinski definition) is 3. The number of nitrogens with zero attached hydrogens (tertiary/aromatic N) is 2. The van der Waals surface area contributed by atoms with Gasteiger partial charge in [0.05, 0.1) is 18.2 Å². The number of esters is 1. The van der Waals surface area contributed by atoms with Crippen LogP contribution in [0.25, 0.3) is 0 Å². The minimum atomic E-state index is -0.477. The first-order valence-corrected chi connectivity index (χ1v) is 6.34. The second-order valence-corrected chi connectivity index (χ2v) is 4.41. The van der Waals surface area contributed by atoms with Crippen molar-refractivity contribution in [3.05, 3.63) is 40.7 Å². The van der Waals surface area contributed by atoms with E-state index in [1.807, 2.05) is 0 Å². The molecule has 0 aliphatic heterocycles. The van der Waals surface area contributed by atoms with E-state index in [1.165, 1.54) is 5.57 Å². The summed E-state index contributed by atoms with van der Waals surface area (Å²) in [5, 5.41) is 4.49. The van der Waals surface area contributed by atoms with E-state index in [4.69, 9.17) is 16.3 Å². The number of ether oxygens (including phenoxy) is 1. The Morgan fingerprint density at radius 1 is 1.56 bits per heavy atom. The molecule has 0 atom stereocenters. The van der Waals surface area contributed by atoms with Crippen LogP contribution in [-0.2, 0) is 11.3 Å². The van der Waals surface area contributed by atoms with E-state index in [1.54, 1.807) is 17.8 Å². The molecule has 0 fully saturated rings. The summed E-state index contributed by atoms with van der Waals surface area (Å²) in [6.45, 7) is 2.69. The molecule has 0 bridgehead atoms. The van der Waals surface area contributed by atoms with Crippen LogP contribution in [0.4, 0.5) is 0 Å². The maximum atomic E-state index is 11.6. The molecule has 0 spiro atoms. The van der Waals surface area contributed by atoms with Crippen molar-refractivity contribution in [2.24, 2.45) is 0 Å². The lowest BCUT2D eigenvalue weighted by Gasteiger charge is -2.06. The summed E-state index contributed by atoms with van der Waals surface area (Å²) in [5.74, 6) is -0.477. The Bertz CT molecular complexity index is 503. The van der Waals surface area contributed by atoms with Crippen molar-refractivity contribution >= 4 is 17.6 Å². The van der Waals surface area contributed by atoms with E-state index in [0.29, 0.717) is 18.2 Å². The van der Waals surface area contributed by atoms with Gasteiger partial charge in [0.15, 0.2) is 5.69 Å². The van der Waals surface area contributed by atoms with Crippen LogP contribution >= 0.6 is 11.6 Å². The second-order valence-electron chi connectivity index (χ2n) is 4.00. The van der Waals surface area contributed by atoms with E-state index in [2.05, 4.69) is 23.3 Å². The third kappa shape index (κ3) is 3.01. The van der Waals surface area contributed by atoms with E-state index in [-0.39, 0.29) is 5.69 Å². The van der Waals surface area contributed by atoms with Crippen LogP contribution in [0.3, 0.4) is 0 Å². The summed E-state index contributed by atoms with van der Waals surface area (Å²) < 4.78 is 6.55. The molecule has 5 heteroatoms. The number of allylic oxidation sites excluding steroid dienone is 4. The monoisotopic (exact) mass is 266 g/mol. The molecule has 18 heavy (non-hydrogen) atoms. The highest BCUT2D eigenvalue weighted by atomic mass is 35.5. The van der Waals surface area contributed by atoms with Crippen molar-refractivity contribution in [2.45, 2.75) is 26.3 Å². The van der Waals surface area contributed by atoms with Crippen LogP contribution in [0.1, 0.15) is 30.3 Å². The molecule has 0 aromatic carbocycles. The van der Waals surface area contributed by atoms with E-state index in [0.717, 1.165) is 12.8 Å². The Hall–Kier alpha value is -1.55. The third-order valence-electron chi connectivity index (χ3n) is 2.60. The molecule has 0 N–H and O–H groups in total. The standard InChI is InChI=1S/C13H15ClN2O2/c1-2-18-13(17)12-11(14)9-16(15-12)8-10-6-4-3-5-7-10/h4,6-7,9H,2-3,5,8H2,1H3. The number of hydrogen-bond donors (Lipinski definition) is 0. The van der Waals surface area contributed by atoms with Gasteiger partial charge in [-0.25, -0.2) is 4.79 Å². The van der Waals surface area contributed by atoms with Gasteiger partial charge in [-0.15, -0.1) is 0 Å². The number of carbonyl (C=O) groups excluding carboxylic acids is 1. The fourth-order valence-electron chi connectivity index (χ4n) is 1.79. The van der Waals surface area contributed by atoms with Crippen LogP contribution in [0.15, 0.2) is 30.0 Å². The Balaban J connectivity index is 2.11. The highest BCUT2D eigenvalue weighted by Gasteiger charge is 2.16. The number of halogens is 1. The van der Waals surface area contributed by atoms with Gasteiger partial charge in [0.1, 0.15) is 0 Å². The summed E-state index contributed by atoms with van der Waals surface area (Å²) in [7, 11) is 0. The molecule has 1 aromatic rings. The van der Waals surface area contributed by atoms with Crippen molar-refractivity contribution in [2.75, 3.05) is 6.61 Å². The van der Waals surface area contributed by atoms with Gasteiger partial charge in [0.2, 0.25) is 0 Å². The predicted molar refractivity (Wildman–Crippen MR) is 69.7 cm³/mol. The third-order valence-corrected chi connectivity index (χ3v) is 2.88. The molecule has 4 nitrogen and oxygen atoms in total. The van der Waals surface area contributed by atoms with Crippen LogP contribution in [0, 0.1) is 0 Å². The maximum absolute atomic E-state index is 11.6. The van der Waals surface area contributed by atoms with Crippen molar-refractivity contribution < 1.29 is 9.53 Å². The molecule has 96 valence electrons. The van der Waals surface area contributed by atoms with Gasteiger partial charge in [-0.2, -0.15) is 5.10 Å². The zero-order valence-electron chi connectivity index (χ0n) is 10.2. The van der Waals surface area contributed by atoms with Gasteiger partial charge in [-0.1, -0.05) is 29.8 Å². The van der Waals surface area contributed by atoms with Gasteiger partial charge in [0.25, 0.3) is 0 Å². The molecule has 1 aromatic heterocycles. The summed E-state index contributed by atoms with van der Waals surface area (Å²) >= 11 is 5.97. The molecule has 0 radical (unpaired) electrons. The minimum absolute atomic E-state index is 0.180. The molecule has 0 saturated carbocycles. The van der Waals surface area contributed by atoms with Gasteiger partial charge >= 0.3 is 5.97 Å². The van der Waals surface area contributed by atoms with Gasteiger partial charge < -0.3 is 4.74 Å². The van der Waals surface area contributed by atoms with E-state index >= 15 is 0 Å². The predicted octanol–water partition coefficient (Wildman–Crippen LogP) is 2.99. The SMILES string of the molecule is CCOC(=O)c1nn(CC2=CCCC=C2)cc1Cl. The van der Waals surface area contributed by atoms with Crippen molar-refractivity contribution in [1.82, 2.24) is 9.78 Å². The Labute approximate surface area is 111 Å². The number of rotatable bonds is 4. The summed E-state index contributed by atoms with van der Waals surface area (Å²) in [4.78, 5) is 11.6. The van der Waals surface area contributed by atoms with Gasteiger partial charge in [-0.3, -0.25) is 4.68 Å². The first kappa shape index (κ1) is 12.9. The summed E-state index contributed by atoms with van der Waals surface area (Å²) in [5.41, 5.74) is 1.36. The van der Waals surface area contributed by atoms with E-state index < -0.39 is 5.97 Å². The van der Waals surface area contributed by atoms with Crippen LogP contribution < -0.4 is 0 Å². The Kier molecular flexibility index (Phi) is 4.20. The minimum Gasteiger partial charge on any atom is -0.461 e. The first-order chi connectivity index (χ1) is 8.70. The van der Waals surface area contributed by atoms with Gasteiger partial charge in [-0.05, 0) is 25.3 Å². The normalized spacial score (nSPS) is 14.4. The molecular weight excluding hydrogens is 252 g/mol. The quantitative estimate of drug-likeness (QED) is 0.787. The maximum Gasteiger partial charge on any atom is 0.360 e. The fraction of sp³-hybridized carbons (Fsp3) is 0.385. The average molecular weight is 267 g/mol. The smallest absolute Gasteiger partial charge is 0.360 e. The van der Waals surface area contributed by atoms with Crippen LogP contribution in [-0.4, -0.2) is 22.4 Å². The highest BCUT2D eigenvalue weighted by molar-refractivity contribution is 6.33. The lowest BCUT2D eigenvalue weighted by atomic mass is 10.1. The fourth-order valence-corrected chi connectivity index (χ4v) is 2.02. The molecule has 0 saturated heterocycles. The van der Waals surface area contributed by atoms with Crippen molar-refractivity contribution in [1.29, 1.82) is 0 Å².